The summed E-state index contributed by atoms with van der Waals surface area (Å²) in [4.78, 5) is 32.7. The maximum Gasteiger partial charge on any atom is 0.273 e. The Hall–Kier alpha value is -4.34. The maximum absolute atomic E-state index is 12.1. The minimum absolute atomic E-state index is 0.0267. The highest BCUT2D eigenvalue weighted by Gasteiger charge is 2.14. The van der Waals surface area contributed by atoms with Crippen LogP contribution in [0.2, 0.25) is 0 Å². The third-order valence-corrected chi connectivity index (χ3v) is 4.02. The van der Waals surface area contributed by atoms with Crippen molar-refractivity contribution in [3.63, 3.8) is 0 Å². The summed E-state index contributed by atoms with van der Waals surface area (Å²) in [6.07, 6.45) is 1.27. The topological polar surface area (TPSA) is 141 Å². The molecule has 2 aromatic carbocycles. The number of hydrogen-bond donors (Lipinski definition) is 1. The van der Waals surface area contributed by atoms with Crippen LogP contribution in [0.15, 0.2) is 64.1 Å². The Balaban J connectivity index is 1.67. The Labute approximate surface area is 163 Å². The number of hydrazone groups is 1. The summed E-state index contributed by atoms with van der Waals surface area (Å²) >= 11 is 0. The Bertz CT molecular complexity index is 1120. The number of carbonyl (C=O) groups is 1. The highest BCUT2D eigenvalue weighted by molar-refractivity contribution is 5.95. The van der Waals surface area contributed by atoms with E-state index in [4.69, 9.17) is 4.42 Å². The molecule has 0 bridgehead atoms. The summed E-state index contributed by atoms with van der Waals surface area (Å²) < 4.78 is 5.56. The molecule has 0 aliphatic heterocycles. The molecule has 10 heteroatoms. The van der Waals surface area contributed by atoms with Gasteiger partial charge >= 0.3 is 0 Å². The molecule has 3 aromatic rings. The second kappa shape index (κ2) is 8.13. The van der Waals surface area contributed by atoms with Gasteiger partial charge in [-0.2, -0.15) is 5.10 Å². The van der Waals surface area contributed by atoms with E-state index in [1.54, 1.807) is 31.2 Å². The number of aryl methyl sites for hydroxylation is 1. The standard InChI is InChI=1S/C19H14N4O6/c1-12-2-3-14(10-17(12)23(27)28)19(24)21-20-11-16-8-9-18(29-16)13-4-6-15(7-5-13)22(25)26/h2-11H,1H3,(H,21,24)/b20-11+. The van der Waals surface area contributed by atoms with Crippen molar-refractivity contribution >= 4 is 23.5 Å². The second-order valence-corrected chi connectivity index (χ2v) is 5.96. The lowest BCUT2D eigenvalue weighted by molar-refractivity contribution is -0.385. The molecule has 0 fully saturated rings. The fourth-order valence-corrected chi connectivity index (χ4v) is 2.49. The van der Waals surface area contributed by atoms with Gasteiger partial charge in [-0.1, -0.05) is 6.07 Å². The van der Waals surface area contributed by atoms with Crippen LogP contribution in [0.1, 0.15) is 21.7 Å². The highest BCUT2D eigenvalue weighted by atomic mass is 16.6. The first-order valence-electron chi connectivity index (χ1n) is 8.28. The van der Waals surface area contributed by atoms with Gasteiger partial charge in [-0.15, -0.1) is 0 Å². The predicted octanol–water partition coefficient (Wildman–Crippen LogP) is 3.84. The molecule has 0 saturated carbocycles. The summed E-state index contributed by atoms with van der Waals surface area (Å²) in [5, 5.41) is 25.4. The van der Waals surface area contributed by atoms with Crippen LogP contribution in [0.3, 0.4) is 0 Å². The minimum atomic E-state index is -0.605. The number of rotatable bonds is 6. The van der Waals surface area contributed by atoms with Gasteiger partial charge in [-0.3, -0.25) is 25.0 Å². The van der Waals surface area contributed by atoms with Crippen LogP contribution in [0.4, 0.5) is 11.4 Å². The van der Waals surface area contributed by atoms with Crippen LogP contribution in [-0.4, -0.2) is 22.0 Å². The number of nitrogens with one attached hydrogen (secondary N) is 1. The quantitative estimate of drug-likeness (QED) is 0.382. The molecule has 146 valence electrons. The van der Waals surface area contributed by atoms with Gasteiger partial charge in [0.15, 0.2) is 0 Å². The SMILES string of the molecule is Cc1ccc(C(=O)N/N=C/c2ccc(-c3ccc([N+](=O)[O-])cc3)o2)cc1[N+](=O)[O-]. The zero-order valence-electron chi connectivity index (χ0n) is 15.1. The molecule has 1 amide bonds. The average molecular weight is 394 g/mol. The number of nitro groups is 2. The van der Waals surface area contributed by atoms with Gasteiger partial charge in [0.25, 0.3) is 17.3 Å². The zero-order valence-corrected chi connectivity index (χ0v) is 15.1. The Morgan fingerprint density at radius 1 is 1.03 bits per heavy atom. The van der Waals surface area contributed by atoms with E-state index >= 15 is 0 Å². The van der Waals surface area contributed by atoms with Crippen molar-refractivity contribution in [1.82, 2.24) is 5.43 Å². The van der Waals surface area contributed by atoms with Gasteiger partial charge < -0.3 is 4.42 Å². The number of amides is 1. The van der Waals surface area contributed by atoms with E-state index in [1.165, 1.54) is 36.5 Å². The number of carbonyl (C=O) groups excluding carboxylic acids is 1. The fourth-order valence-electron chi connectivity index (χ4n) is 2.49. The summed E-state index contributed by atoms with van der Waals surface area (Å²) in [5.41, 5.74) is 3.29. The molecular weight excluding hydrogens is 380 g/mol. The average Bonchev–Trinajstić information content (AvgIpc) is 3.17. The summed E-state index contributed by atoms with van der Waals surface area (Å²) in [6.45, 7) is 1.58. The van der Waals surface area contributed by atoms with Crippen LogP contribution in [0.25, 0.3) is 11.3 Å². The van der Waals surface area contributed by atoms with E-state index in [-0.39, 0.29) is 16.9 Å². The van der Waals surface area contributed by atoms with Gasteiger partial charge in [0.1, 0.15) is 11.5 Å². The molecule has 3 rings (SSSR count). The number of nitrogens with zero attached hydrogens (tertiary/aromatic N) is 3. The molecule has 10 nitrogen and oxygen atoms in total. The summed E-state index contributed by atoms with van der Waals surface area (Å²) in [6, 6.07) is 13.3. The predicted molar refractivity (Wildman–Crippen MR) is 104 cm³/mol. The minimum Gasteiger partial charge on any atom is -0.455 e. The lowest BCUT2D eigenvalue weighted by Crippen LogP contribution is -2.17. The first-order valence-corrected chi connectivity index (χ1v) is 8.28. The maximum atomic E-state index is 12.1. The summed E-state index contributed by atoms with van der Waals surface area (Å²) in [7, 11) is 0. The third-order valence-electron chi connectivity index (χ3n) is 4.02. The first-order chi connectivity index (χ1) is 13.8. The van der Waals surface area contributed by atoms with E-state index in [1.807, 2.05) is 0 Å². The van der Waals surface area contributed by atoms with E-state index in [9.17, 15) is 25.0 Å². The normalized spacial score (nSPS) is 10.8. The fraction of sp³-hybridized carbons (Fsp3) is 0.0526. The Morgan fingerprint density at radius 2 is 1.76 bits per heavy atom. The van der Waals surface area contributed by atoms with Crippen molar-refractivity contribution in [2.24, 2.45) is 5.10 Å². The second-order valence-electron chi connectivity index (χ2n) is 5.96. The van der Waals surface area contributed by atoms with E-state index in [0.717, 1.165) is 0 Å². The third kappa shape index (κ3) is 4.50. The number of nitro benzene ring substituents is 2. The van der Waals surface area contributed by atoms with E-state index in [2.05, 4.69) is 10.5 Å². The molecule has 0 saturated heterocycles. The molecule has 29 heavy (non-hydrogen) atoms. The van der Waals surface area contributed by atoms with Crippen molar-refractivity contribution in [2.45, 2.75) is 6.92 Å². The smallest absolute Gasteiger partial charge is 0.273 e. The first kappa shape index (κ1) is 19.4. The Kier molecular flexibility index (Phi) is 5.44. The highest BCUT2D eigenvalue weighted by Crippen LogP contribution is 2.24. The molecule has 0 spiro atoms. The van der Waals surface area contributed by atoms with Crippen LogP contribution in [-0.2, 0) is 0 Å². The molecule has 0 aliphatic carbocycles. The van der Waals surface area contributed by atoms with Crippen LogP contribution in [0.5, 0.6) is 0 Å². The molecule has 0 atom stereocenters. The molecule has 0 radical (unpaired) electrons. The zero-order chi connectivity index (χ0) is 21.0. The van der Waals surface area contributed by atoms with E-state index < -0.39 is 15.8 Å². The lowest BCUT2D eigenvalue weighted by atomic mass is 10.1. The van der Waals surface area contributed by atoms with Gasteiger partial charge in [-0.05, 0) is 37.3 Å². The molecule has 0 unspecified atom stereocenters. The van der Waals surface area contributed by atoms with Crippen molar-refractivity contribution < 1.29 is 19.1 Å². The number of benzene rings is 2. The van der Waals surface area contributed by atoms with Crippen molar-refractivity contribution in [3.05, 3.63) is 91.7 Å². The largest absolute Gasteiger partial charge is 0.455 e. The Morgan fingerprint density at radius 3 is 2.41 bits per heavy atom. The molecular formula is C19H14N4O6. The van der Waals surface area contributed by atoms with Crippen molar-refractivity contribution in [1.29, 1.82) is 0 Å². The summed E-state index contributed by atoms with van der Waals surface area (Å²) in [5.74, 6) is 0.210. The molecule has 0 aliphatic rings. The molecule has 1 heterocycles. The molecule has 1 aromatic heterocycles. The lowest BCUT2D eigenvalue weighted by Gasteiger charge is -2.01. The van der Waals surface area contributed by atoms with Crippen molar-refractivity contribution in [3.8, 4) is 11.3 Å². The van der Waals surface area contributed by atoms with E-state index in [0.29, 0.717) is 22.6 Å². The monoisotopic (exact) mass is 394 g/mol. The van der Waals surface area contributed by atoms with Gasteiger partial charge in [0, 0.05) is 34.9 Å². The number of non-ortho nitro benzene ring substituents is 1. The van der Waals surface area contributed by atoms with Gasteiger partial charge in [-0.25, -0.2) is 5.43 Å². The van der Waals surface area contributed by atoms with Crippen LogP contribution < -0.4 is 5.43 Å². The van der Waals surface area contributed by atoms with Crippen LogP contribution in [0, 0.1) is 27.2 Å². The number of hydrogen-bond acceptors (Lipinski definition) is 7. The molecule has 1 N–H and O–H groups in total. The number of furan rings is 1. The van der Waals surface area contributed by atoms with Gasteiger partial charge in [0.2, 0.25) is 0 Å². The van der Waals surface area contributed by atoms with Gasteiger partial charge in [0.05, 0.1) is 16.1 Å². The van der Waals surface area contributed by atoms with Crippen LogP contribution >= 0.6 is 0 Å². The van der Waals surface area contributed by atoms with Crippen molar-refractivity contribution in [2.75, 3.05) is 0 Å².